The molecule has 0 radical (unpaired) electrons. The maximum absolute atomic E-state index is 16.8. The van der Waals surface area contributed by atoms with Gasteiger partial charge in [0, 0.05) is 34.8 Å². The van der Waals surface area contributed by atoms with Crippen molar-refractivity contribution in [2.75, 3.05) is 58.5 Å². The van der Waals surface area contributed by atoms with E-state index in [4.69, 9.17) is 15.9 Å². The molecule has 1 aliphatic heterocycles. The number of hydrogen-bond donors (Lipinski definition) is 2. The van der Waals surface area contributed by atoms with Gasteiger partial charge in [-0.25, -0.2) is 13.2 Å². The van der Waals surface area contributed by atoms with Crippen molar-refractivity contribution in [1.29, 1.82) is 0 Å². The number of phenolic OH excluding ortho intramolecular Hbond substituents is 1. The number of nitrogens with zero attached hydrogens (tertiary/aromatic N) is 4. The number of β-amino-alcohol motifs (C(OH)–C–C–N with tert-alkyl or cyclic N) is 1. The Bertz CT molecular complexity index is 1850. The highest BCUT2D eigenvalue weighted by Gasteiger charge is 2.36. The quantitative estimate of drug-likeness (QED) is 0.253. The second kappa shape index (κ2) is 12.2. The molecule has 6 rings (SSSR count). The zero-order valence-electron chi connectivity index (χ0n) is 26.2. The topological polar surface area (TPSA) is 91.2 Å². The van der Waals surface area contributed by atoms with Crippen molar-refractivity contribution in [2.45, 2.75) is 38.2 Å². The van der Waals surface area contributed by atoms with Crippen molar-refractivity contribution in [2.24, 2.45) is 5.41 Å². The number of aromatic nitrogens is 2. The summed E-state index contributed by atoms with van der Waals surface area (Å²) in [6, 6.07) is 6.06. The number of fused-ring (bicyclic) bond motifs is 2. The van der Waals surface area contributed by atoms with Gasteiger partial charge < -0.3 is 29.5 Å². The van der Waals surface area contributed by atoms with Gasteiger partial charge in [0.05, 0.1) is 37.5 Å². The van der Waals surface area contributed by atoms with Gasteiger partial charge in [0.25, 0.3) is 0 Å². The Kier molecular flexibility index (Phi) is 8.48. The number of terminal acetylenes is 1. The molecule has 0 bridgehead atoms. The minimum absolute atomic E-state index is 0.0560. The maximum Gasteiger partial charge on any atom is 0.319 e. The Morgan fingerprint density at radius 2 is 1.87 bits per heavy atom. The number of benzene rings is 3. The molecule has 1 saturated carbocycles. The Balaban J connectivity index is 1.56. The summed E-state index contributed by atoms with van der Waals surface area (Å²) in [6.07, 6.45) is 9.69. The molecule has 3 aromatic carbocycles. The van der Waals surface area contributed by atoms with Crippen LogP contribution in [0.5, 0.6) is 11.8 Å². The van der Waals surface area contributed by atoms with Gasteiger partial charge in [-0.3, -0.25) is 0 Å². The van der Waals surface area contributed by atoms with Crippen molar-refractivity contribution >= 4 is 27.5 Å². The van der Waals surface area contributed by atoms with E-state index in [1.807, 2.05) is 14.1 Å². The van der Waals surface area contributed by atoms with Crippen molar-refractivity contribution < 1.29 is 32.9 Å². The fourth-order valence-electron chi connectivity index (χ4n) is 7.02. The number of aliphatic hydroxyl groups is 1. The van der Waals surface area contributed by atoms with Gasteiger partial charge in [0.1, 0.15) is 34.3 Å². The summed E-state index contributed by atoms with van der Waals surface area (Å²) >= 11 is 0. The third-order valence-corrected chi connectivity index (χ3v) is 8.88. The van der Waals surface area contributed by atoms with Gasteiger partial charge in [-0.05, 0) is 63.5 Å². The van der Waals surface area contributed by atoms with Crippen LogP contribution in [0.3, 0.4) is 0 Å². The van der Waals surface area contributed by atoms with E-state index in [1.54, 1.807) is 11.8 Å². The van der Waals surface area contributed by atoms with Crippen LogP contribution in [0, 0.1) is 35.2 Å². The summed E-state index contributed by atoms with van der Waals surface area (Å²) in [5.74, 6) is -0.593. The van der Waals surface area contributed by atoms with Gasteiger partial charge in [-0.2, -0.15) is 9.97 Å². The van der Waals surface area contributed by atoms with Gasteiger partial charge in [0.15, 0.2) is 5.82 Å². The standard InChI is InChI=1S/C35H37F3N4O4/c1-5-23-26(36)9-8-21-14-22(43)15-24(28(21)23)29-27(37)16-25-31(30(29)38)39-33(46-20-35(18-41(3)4)10-6-7-11-35)40-32(25)42-12-13-45-19-34(2,44)17-42/h1,8-9,14-16,43-44H,6-7,10-13,17-20H2,2-4H3. The van der Waals surface area contributed by atoms with Crippen LogP contribution in [0.1, 0.15) is 38.2 Å². The molecular weight excluding hydrogens is 597 g/mol. The molecule has 2 heterocycles. The SMILES string of the molecule is C#Cc1c(F)ccc2cc(O)cc(-c3c(F)cc4c(N5CCOCC(C)(O)C5)nc(OCC5(CN(C)C)CCCC5)nc4c3F)c12. The van der Waals surface area contributed by atoms with Crippen LogP contribution >= 0.6 is 0 Å². The second-order valence-corrected chi connectivity index (χ2v) is 13.1. The number of anilines is 1. The molecule has 1 unspecified atom stereocenters. The number of halogens is 3. The first-order valence-electron chi connectivity index (χ1n) is 15.3. The molecule has 1 saturated heterocycles. The molecule has 46 heavy (non-hydrogen) atoms. The average Bonchev–Trinajstić information content (AvgIpc) is 3.37. The average molecular weight is 635 g/mol. The van der Waals surface area contributed by atoms with Gasteiger partial charge in [-0.1, -0.05) is 24.8 Å². The largest absolute Gasteiger partial charge is 0.508 e. The van der Waals surface area contributed by atoms with E-state index in [9.17, 15) is 14.6 Å². The summed E-state index contributed by atoms with van der Waals surface area (Å²) < 4.78 is 59.7. The highest BCUT2D eigenvalue weighted by molar-refractivity contribution is 6.04. The van der Waals surface area contributed by atoms with Gasteiger partial charge in [-0.15, -0.1) is 6.42 Å². The molecule has 1 aromatic heterocycles. The molecule has 8 nitrogen and oxygen atoms in total. The number of ether oxygens (including phenoxy) is 2. The van der Waals surface area contributed by atoms with Crippen molar-refractivity contribution in [1.82, 2.24) is 14.9 Å². The first kappa shape index (κ1) is 31.9. The molecule has 0 amide bonds. The highest BCUT2D eigenvalue weighted by Crippen LogP contribution is 2.43. The minimum atomic E-state index is -1.26. The third kappa shape index (κ3) is 6.05. The molecule has 0 spiro atoms. The summed E-state index contributed by atoms with van der Waals surface area (Å²) in [5, 5.41) is 21.9. The lowest BCUT2D eigenvalue weighted by atomic mass is 9.87. The Morgan fingerprint density at radius 3 is 2.59 bits per heavy atom. The first-order chi connectivity index (χ1) is 21.9. The van der Waals surface area contributed by atoms with E-state index < -0.39 is 28.6 Å². The molecular formula is C35H37F3N4O4. The van der Waals surface area contributed by atoms with E-state index in [-0.39, 0.29) is 70.2 Å². The van der Waals surface area contributed by atoms with Crippen molar-refractivity contribution in [3.05, 3.63) is 53.3 Å². The Labute approximate surface area is 265 Å². The fourth-order valence-corrected chi connectivity index (χ4v) is 7.02. The molecule has 4 aromatic rings. The lowest BCUT2D eigenvalue weighted by Crippen LogP contribution is -2.42. The third-order valence-electron chi connectivity index (χ3n) is 8.88. The molecule has 1 aliphatic carbocycles. The van der Waals surface area contributed by atoms with Crippen LogP contribution in [-0.2, 0) is 4.74 Å². The number of aromatic hydroxyl groups is 1. The Hall–Kier alpha value is -4.11. The van der Waals surface area contributed by atoms with E-state index in [0.29, 0.717) is 18.5 Å². The van der Waals surface area contributed by atoms with Crippen LogP contribution in [0.15, 0.2) is 30.3 Å². The summed E-state index contributed by atoms with van der Waals surface area (Å²) in [5.41, 5.74) is -2.47. The van der Waals surface area contributed by atoms with Crippen LogP contribution in [-0.4, -0.2) is 84.2 Å². The van der Waals surface area contributed by atoms with Gasteiger partial charge >= 0.3 is 6.01 Å². The number of phenols is 1. The summed E-state index contributed by atoms with van der Waals surface area (Å²) in [7, 11) is 4.01. The fraction of sp³-hybridized carbons (Fsp3) is 0.429. The van der Waals surface area contributed by atoms with Crippen molar-refractivity contribution in [3.63, 3.8) is 0 Å². The summed E-state index contributed by atoms with van der Waals surface area (Å²) in [6.45, 7) is 3.41. The zero-order valence-corrected chi connectivity index (χ0v) is 26.2. The predicted octanol–water partition coefficient (Wildman–Crippen LogP) is 5.64. The second-order valence-electron chi connectivity index (χ2n) is 13.1. The number of hydrogen-bond acceptors (Lipinski definition) is 8. The number of rotatable bonds is 7. The van der Waals surface area contributed by atoms with Crippen LogP contribution in [0.4, 0.5) is 19.0 Å². The van der Waals surface area contributed by atoms with E-state index in [2.05, 4.69) is 20.8 Å². The highest BCUT2D eigenvalue weighted by atomic mass is 19.1. The monoisotopic (exact) mass is 634 g/mol. The van der Waals surface area contributed by atoms with E-state index in [0.717, 1.165) is 50.4 Å². The van der Waals surface area contributed by atoms with Crippen LogP contribution in [0.2, 0.25) is 0 Å². The van der Waals surface area contributed by atoms with Crippen LogP contribution in [0.25, 0.3) is 32.8 Å². The smallest absolute Gasteiger partial charge is 0.319 e. The molecule has 2 N–H and O–H groups in total. The Morgan fingerprint density at radius 1 is 1.11 bits per heavy atom. The predicted molar refractivity (Wildman–Crippen MR) is 171 cm³/mol. The van der Waals surface area contributed by atoms with Gasteiger partial charge in [0.2, 0.25) is 0 Å². The lowest BCUT2D eigenvalue weighted by Gasteiger charge is -2.32. The van der Waals surface area contributed by atoms with E-state index in [1.165, 1.54) is 12.1 Å². The maximum atomic E-state index is 16.8. The normalized spacial score (nSPS) is 19.9. The summed E-state index contributed by atoms with van der Waals surface area (Å²) in [4.78, 5) is 12.9. The first-order valence-corrected chi connectivity index (χ1v) is 15.3. The van der Waals surface area contributed by atoms with Crippen LogP contribution < -0.4 is 9.64 Å². The minimum Gasteiger partial charge on any atom is -0.508 e. The molecule has 2 aliphatic rings. The lowest BCUT2D eigenvalue weighted by molar-refractivity contribution is -0.0123. The molecule has 242 valence electrons. The zero-order chi connectivity index (χ0) is 32.8. The molecule has 1 atom stereocenters. The van der Waals surface area contributed by atoms with Crippen molar-refractivity contribution in [3.8, 4) is 35.2 Å². The molecule has 11 heteroatoms. The van der Waals surface area contributed by atoms with E-state index >= 15 is 8.78 Å². The molecule has 2 fully saturated rings.